The van der Waals surface area contributed by atoms with Crippen LogP contribution in [0.3, 0.4) is 0 Å². The first-order valence-corrected chi connectivity index (χ1v) is 4.89. The third-order valence-electron chi connectivity index (χ3n) is 2.20. The molecule has 0 radical (unpaired) electrons. The molecule has 0 saturated heterocycles. The Morgan fingerprint density at radius 1 is 1.36 bits per heavy atom. The maximum absolute atomic E-state index is 11.9. The lowest BCUT2D eigenvalue weighted by molar-refractivity contribution is -0.139. The summed E-state index contributed by atoms with van der Waals surface area (Å²) in [4.78, 5) is 0. The fraction of sp³-hybridized carbons (Fsp3) is 1.00. The molecule has 0 aliphatic carbocycles. The first kappa shape index (κ1) is 13.7. The molecule has 0 saturated carbocycles. The molecule has 0 aromatic rings. The van der Waals surface area contributed by atoms with Crippen LogP contribution in [-0.2, 0) is 0 Å². The number of halogens is 3. The molecule has 0 heterocycles. The maximum Gasteiger partial charge on any atom is 0.390 e. The van der Waals surface area contributed by atoms with Crippen LogP contribution in [0, 0.1) is 5.92 Å². The fourth-order valence-electron chi connectivity index (χ4n) is 1.18. The lowest BCUT2D eigenvalue weighted by Crippen LogP contribution is -2.36. The van der Waals surface area contributed by atoms with Gasteiger partial charge in [0.1, 0.15) is 0 Å². The average Bonchev–Trinajstić information content (AvgIpc) is 2.03. The first-order chi connectivity index (χ1) is 6.39. The maximum atomic E-state index is 11.9. The fourth-order valence-corrected chi connectivity index (χ4v) is 1.18. The Hall–Kier alpha value is -0.290. The minimum Gasteiger partial charge on any atom is -0.330 e. The molecule has 0 aromatic carbocycles. The standard InChI is InChI=1S/C9H19F3N2/c1-3-8(5-13)6-14-7(2)4-9(10,11)12/h7-8,14H,3-6,13H2,1-2H3. The van der Waals surface area contributed by atoms with Gasteiger partial charge in [-0.25, -0.2) is 0 Å². The van der Waals surface area contributed by atoms with Gasteiger partial charge in [-0.15, -0.1) is 0 Å². The van der Waals surface area contributed by atoms with Crippen molar-refractivity contribution in [3.63, 3.8) is 0 Å². The van der Waals surface area contributed by atoms with E-state index < -0.39 is 18.6 Å². The van der Waals surface area contributed by atoms with Crippen molar-refractivity contribution in [2.24, 2.45) is 11.7 Å². The summed E-state index contributed by atoms with van der Waals surface area (Å²) in [6.07, 6.45) is -3.98. The van der Waals surface area contributed by atoms with E-state index in [1.807, 2.05) is 6.92 Å². The van der Waals surface area contributed by atoms with Crippen molar-refractivity contribution in [1.29, 1.82) is 0 Å². The molecule has 0 aliphatic rings. The summed E-state index contributed by atoms with van der Waals surface area (Å²) < 4.78 is 35.8. The Kier molecular flexibility index (Phi) is 6.11. The SMILES string of the molecule is CCC(CN)CNC(C)CC(F)(F)F. The summed E-state index contributed by atoms with van der Waals surface area (Å²) in [5.74, 6) is 0.269. The van der Waals surface area contributed by atoms with Crippen LogP contribution in [0.2, 0.25) is 0 Å². The van der Waals surface area contributed by atoms with Crippen molar-refractivity contribution in [1.82, 2.24) is 5.32 Å². The third kappa shape index (κ3) is 7.15. The molecule has 2 unspecified atom stereocenters. The summed E-state index contributed by atoms with van der Waals surface area (Å²) in [5.41, 5.74) is 5.43. The van der Waals surface area contributed by atoms with Crippen LogP contribution in [-0.4, -0.2) is 25.3 Å². The predicted octanol–water partition coefficient (Wildman–Crippen LogP) is 1.90. The number of rotatable bonds is 6. The Bertz CT molecular complexity index is 143. The number of hydrogen-bond acceptors (Lipinski definition) is 2. The van der Waals surface area contributed by atoms with Crippen LogP contribution in [0.5, 0.6) is 0 Å². The molecule has 5 heteroatoms. The van der Waals surface area contributed by atoms with Crippen LogP contribution in [0.4, 0.5) is 13.2 Å². The van der Waals surface area contributed by atoms with Gasteiger partial charge in [-0.05, 0) is 25.9 Å². The first-order valence-electron chi connectivity index (χ1n) is 4.89. The van der Waals surface area contributed by atoms with Gasteiger partial charge >= 0.3 is 6.18 Å². The van der Waals surface area contributed by atoms with Crippen molar-refractivity contribution in [2.45, 2.75) is 38.9 Å². The molecule has 0 spiro atoms. The Balaban J connectivity index is 3.67. The van der Waals surface area contributed by atoms with E-state index in [0.29, 0.717) is 13.1 Å². The second-order valence-electron chi connectivity index (χ2n) is 3.64. The van der Waals surface area contributed by atoms with Gasteiger partial charge in [0, 0.05) is 6.04 Å². The van der Waals surface area contributed by atoms with Gasteiger partial charge < -0.3 is 11.1 Å². The lowest BCUT2D eigenvalue weighted by Gasteiger charge is -2.19. The topological polar surface area (TPSA) is 38.0 Å². The molecule has 3 N–H and O–H groups in total. The van der Waals surface area contributed by atoms with Crippen molar-refractivity contribution in [3.8, 4) is 0 Å². The molecule has 86 valence electrons. The molecule has 2 nitrogen and oxygen atoms in total. The zero-order valence-electron chi connectivity index (χ0n) is 8.69. The molecule has 0 amide bonds. The van der Waals surface area contributed by atoms with E-state index in [4.69, 9.17) is 5.73 Å². The summed E-state index contributed by atoms with van der Waals surface area (Å²) in [5, 5.41) is 2.84. The Labute approximate surface area is 83.0 Å². The second-order valence-corrected chi connectivity index (χ2v) is 3.64. The highest BCUT2D eigenvalue weighted by atomic mass is 19.4. The summed E-state index contributed by atoms with van der Waals surface area (Å²) in [6, 6.07) is -0.532. The van der Waals surface area contributed by atoms with E-state index in [1.165, 1.54) is 6.92 Å². The van der Waals surface area contributed by atoms with Crippen LogP contribution in [0.1, 0.15) is 26.7 Å². The highest BCUT2D eigenvalue weighted by Gasteiger charge is 2.29. The van der Waals surface area contributed by atoms with Crippen LogP contribution < -0.4 is 11.1 Å². The zero-order valence-corrected chi connectivity index (χ0v) is 8.69. The van der Waals surface area contributed by atoms with Gasteiger partial charge in [-0.2, -0.15) is 13.2 Å². The van der Waals surface area contributed by atoms with Gasteiger partial charge in [-0.3, -0.25) is 0 Å². The molecule has 0 aromatic heterocycles. The largest absolute Gasteiger partial charge is 0.390 e. The van der Waals surface area contributed by atoms with E-state index in [-0.39, 0.29) is 5.92 Å². The van der Waals surface area contributed by atoms with Gasteiger partial charge in [0.25, 0.3) is 0 Å². The number of alkyl halides is 3. The van der Waals surface area contributed by atoms with Gasteiger partial charge in [-0.1, -0.05) is 13.3 Å². The minimum absolute atomic E-state index is 0.269. The summed E-state index contributed by atoms with van der Waals surface area (Å²) in [7, 11) is 0. The number of hydrogen-bond donors (Lipinski definition) is 2. The molecule has 0 bridgehead atoms. The van der Waals surface area contributed by atoms with Crippen LogP contribution >= 0.6 is 0 Å². The molecular weight excluding hydrogens is 193 g/mol. The van der Waals surface area contributed by atoms with Crippen LogP contribution in [0.15, 0.2) is 0 Å². The minimum atomic E-state index is -4.09. The molecule has 0 rings (SSSR count). The smallest absolute Gasteiger partial charge is 0.330 e. The van der Waals surface area contributed by atoms with Crippen molar-refractivity contribution in [2.75, 3.05) is 13.1 Å². The molecular formula is C9H19F3N2. The second kappa shape index (κ2) is 6.24. The van der Waals surface area contributed by atoms with Crippen molar-refractivity contribution < 1.29 is 13.2 Å². The van der Waals surface area contributed by atoms with Crippen molar-refractivity contribution >= 4 is 0 Å². The molecule has 0 aliphatic heterocycles. The van der Waals surface area contributed by atoms with Crippen molar-refractivity contribution in [3.05, 3.63) is 0 Å². The van der Waals surface area contributed by atoms with E-state index in [0.717, 1.165) is 6.42 Å². The average molecular weight is 212 g/mol. The lowest BCUT2D eigenvalue weighted by atomic mass is 10.1. The van der Waals surface area contributed by atoms with E-state index in [9.17, 15) is 13.2 Å². The predicted molar refractivity (Wildman–Crippen MR) is 51.0 cm³/mol. The van der Waals surface area contributed by atoms with Gasteiger partial charge in [0.15, 0.2) is 0 Å². The van der Waals surface area contributed by atoms with E-state index in [1.54, 1.807) is 0 Å². The number of nitrogens with two attached hydrogens (primary N) is 1. The highest BCUT2D eigenvalue weighted by Crippen LogP contribution is 2.21. The Morgan fingerprint density at radius 2 is 1.93 bits per heavy atom. The van der Waals surface area contributed by atoms with Crippen LogP contribution in [0.25, 0.3) is 0 Å². The van der Waals surface area contributed by atoms with Gasteiger partial charge in [0.05, 0.1) is 6.42 Å². The Morgan fingerprint density at radius 3 is 2.29 bits per heavy atom. The third-order valence-corrected chi connectivity index (χ3v) is 2.20. The normalized spacial score (nSPS) is 16.7. The quantitative estimate of drug-likeness (QED) is 0.705. The number of nitrogens with one attached hydrogen (secondary N) is 1. The summed E-state index contributed by atoms with van der Waals surface area (Å²) in [6.45, 7) is 4.59. The van der Waals surface area contributed by atoms with E-state index >= 15 is 0 Å². The monoisotopic (exact) mass is 212 g/mol. The molecule has 2 atom stereocenters. The van der Waals surface area contributed by atoms with E-state index in [2.05, 4.69) is 5.32 Å². The highest BCUT2D eigenvalue weighted by molar-refractivity contribution is 4.69. The van der Waals surface area contributed by atoms with Gasteiger partial charge in [0.2, 0.25) is 0 Å². The zero-order chi connectivity index (χ0) is 11.2. The molecule has 0 fully saturated rings. The summed E-state index contributed by atoms with van der Waals surface area (Å²) >= 11 is 0. The molecule has 14 heavy (non-hydrogen) atoms.